The van der Waals surface area contributed by atoms with Crippen molar-refractivity contribution in [1.82, 2.24) is 5.32 Å². The van der Waals surface area contributed by atoms with Gasteiger partial charge in [0.2, 0.25) is 0 Å². The van der Waals surface area contributed by atoms with E-state index in [1.54, 1.807) is 25.3 Å². The topological polar surface area (TPSA) is 73.6 Å². The van der Waals surface area contributed by atoms with Gasteiger partial charge in [-0.25, -0.2) is 0 Å². The third kappa shape index (κ3) is 3.55. The van der Waals surface area contributed by atoms with Crippen LogP contribution in [0.1, 0.15) is 12.8 Å². The van der Waals surface area contributed by atoms with Crippen molar-refractivity contribution in [3.05, 3.63) is 18.2 Å². The van der Waals surface area contributed by atoms with Crippen molar-refractivity contribution >= 4 is 11.6 Å². The Kier molecular flexibility index (Phi) is 3.92. The number of ether oxygens (including phenoxy) is 2. The fraction of sp³-hybridized carbons (Fsp3) is 0.462. The fourth-order valence-electron chi connectivity index (χ4n) is 1.54. The lowest BCUT2D eigenvalue weighted by molar-refractivity contribution is -0.123. The van der Waals surface area contributed by atoms with Gasteiger partial charge < -0.3 is 20.5 Å². The Bertz CT molecular complexity index is 430. The molecule has 1 amide bonds. The molecule has 98 valence electrons. The average Bonchev–Trinajstić information content (AvgIpc) is 3.19. The molecule has 1 aromatic rings. The number of nitrogens with two attached hydrogens (primary N) is 1. The van der Waals surface area contributed by atoms with Crippen molar-refractivity contribution in [1.29, 1.82) is 0 Å². The molecule has 0 spiro atoms. The quantitative estimate of drug-likeness (QED) is 0.744. The highest BCUT2D eigenvalue weighted by Crippen LogP contribution is 2.28. The Hall–Kier alpha value is -1.91. The van der Waals surface area contributed by atoms with Crippen LogP contribution in [0.3, 0.4) is 0 Å². The summed E-state index contributed by atoms with van der Waals surface area (Å²) in [4.78, 5) is 11.5. The molecule has 2 rings (SSSR count). The summed E-state index contributed by atoms with van der Waals surface area (Å²) in [5.41, 5.74) is 6.24. The minimum atomic E-state index is -0.121. The zero-order valence-corrected chi connectivity index (χ0v) is 10.4. The number of hydrogen-bond donors (Lipinski definition) is 2. The molecule has 1 aliphatic rings. The van der Waals surface area contributed by atoms with Gasteiger partial charge in [-0.15, -0.1) is 0 Å². The van der Waals surface area contributed by atoms with Gasteiger partial charge in [0.1, 0.15) is 11.5 Å². The summed E-state index contributed by atoms with van der Waals surface area (Å²) < 4.78 is 10.4. The standard InChI is InChI=1S/C13H18N2O3/c1-17-10-4-5-11(14)12(6-10)18-8-13(16)15-7-9-2-3-9/h4-6,9H,2-3,7-8,14H2,1H3,(H,15,16). The van der Waals surface area contributed by atoms with Crippen molar-refractivity contribution in [2.45, 2.75) is 12.8 Å². The molecule has 0 radical (unpaired) electrons. The summed E-state index contributed by atoms with van der Waals surface area (Å²) in [5, 5.41) is 2.83. The van der Waals surface area contributed by atoms with Crippen molar-refractivity contribution in [2.75, 3.05) is 26.0 Å². The van der Waals surface area contributed by atoms with E-state index in [2.05, 4.69) is 5.32 Å². The van der Waals surface area contributed by atoms with Crippen molar-refractivity contribution < 1.29 is 14.3 Å². The Labute approximate surface area is 106 Å². The van der Waals surface area contributed by atoms with Crippen molar-refractivity contribution in [3.63, 3.8) is 0 Å². The normalized spacial score (nSPS) is 14.1. The summed E-state index contributed by atoms with van der Waals surface area (Å²) in [5.74, 6) is 1.66. The second-order valence-corrected chi connectivity index (χ2v) is 4.44. The number of hydrogen-bond acceptors (Lipinski definition) is 4. The first-order valence-electron chi connectivity index (χ1n) is 6.02. The van der Waals surface area contributed by atoms with E-state index in [1.807, 2.05) is 0 Å². The molecule has 0 bridgehead atoms. The third-order valence-corrected chi connectivity index (χ3v) is 2.86. The minimum Gasteiger partial charge on any atom is -0.497 e. The Morgan fingerprint density at radius 3 is 2.94 bits per heavy atom. The molecule has 1 fully saturated rings. The van der Waals surface area contributed by atoms with Crippen LogP contribution in [0, 0.1) is 5.92 Å². The zero-order chi connectivity index (χ0) is 13.0. The lowest BCUT2D eigenvalue weighted by Gasteiger charge is -2.10. The van der Waals surface area contributed by atoms with Gasteiger partial charge in [0.15, 0.2) is 6.61 Å². The van der Waals surface area contributed by atoms with E-state index >= 15 is 0 Å². The van der Waals surface area contributed by atoms with Crippen LogP contribution < -0.4 is 20.5 Å². The van der Waals surface area contributed by atoms with Crippen LogP contribution in [-0.2, 0) is 4.79 Å². The van der Waals surface area contributed by atoms with Crippen LogP contribution in [0.5, 0.6) is 11.5 Å². The number of nitrogens with one attached hydrogen (secondary N) is 1. The van der Waals surface area contributed by atoms with Gasteiger partial charge in [0, 0.05) is 12.6 Å². The Morgan fingerprint density at radius 1 is 1.50 bits per heavy atom. The summed E-state index contributed by atoms with van der Waals surface area (Å²) >= 11 is 0. The molecule has 0 aliphatic heterocycles. The molecule has 0 aromatic heterocycles. The maximum Gasteiger partial charge on any atom is 0.257 e. The highest BCUT2D eigenvalue weighted by molar-refractivity contribution is 5.77. The molecule has 0 heterocycles. The number of benzene rings is 1. The third-order valence-electron chi connectivity index (χ3n) is 2.86. The van der Waals surface area contributed by atoms with Crippen molar-refractivity contribution in [3.8, 4) is 11.5 Å². The number of amides is 1. The molecule has 5 heteroatoms. The molecule has 1 saturated carbocycles. The molecule has 0 saturated heterocycles. The molecule has 0 atom stereocenters. The molecule has 1 aromatic carbocycles. The van der Waals surface area contributed by atoms with Crippen LogP contribution in [0.2, 0.25) is 0 Å². The SMILES string of the molecule is COc1ccc(N)c(OCC(=O)NCC2CC2)c1. The Morgan fingerprint density at radius 2 is 2.28 bits per heavy atom. The van der Waals surface area contributed by atoms with Crippen LogP contribution in [-0.4, -0.2) is 26.2 Å². The molecular weight excluding hydrogens is 232 g/mol. The van der Waals surface area contributed by atoms with Crippen LogP contribution in [0.15, 0.2) is 18.2 Å². The summed E-state index contributed by atoms with van der Waals surface area (Å²) in [6.45, 7) is 0.722. The fourth-order valence-corrected chi connectivity index (χ4v) is 1.54. The van der Waals surface area contributed by atoms with Crippen LogP contribution >= 0.6 is 0 Å². The number of anilines is 1. The summed E-state index contributed by atoms with van der Waals surface area (Å²) in [6.07, 6.45) is 2.42. The monoisotopic (exact) mass is 250 g/mol. The molecular formula is C13H18N2O3. The van der Waals surface area contributed by atoms with Gasteiger partial charge in [0.05, 0.1) is 12.8 Å². The van der Waals surface area contributed by atoms with E-state index in [1.165, 1.54) is 12.8 Å². The zero-order valence-electron chi connectivity index (χ0n) is 10.4. The van der Waals surface area contributed by atoms with Gasteiger partial charge in [0.25, 0.3) is 5.91 Å². The van der Waals surface area contributed by atoms with E-state index in [4.69, 9.17) is 15.2 Å². The van der Waals surface area contributed by atoms with E-state index in [9.17, 15) is 4.79 Å². The highest BCUT2D eigenvalue weighted by Gasteiger charge is 2.21. The predicted molar refractivity (Wildman–Crippen MR) is 68.6 cm³/mol. The molecule has 0 unspecified atom stereocenters. The first-order valence-corrected chi connectivity index (χ1v) is 6.02. The number of methoxy groups -OCH3 is 1. The smallest absolute Gasteiger partial charge is 0.257 e. The van der Waals surface area contributed by atoms with E-state index in [0.717, 1.165) is 6.54 Å². The first kappa shape index (κ1) is 12.5. The van der Waals surface area contributed by atoms with Crippen LogP contribution in [0.4, 0.5) is 5.69 Å². The largest absolute Gasteiger partial charge is 0.497 e. The molecule has 5 nitrogen and oxygen atoms in total. The molecule has 1 aliphatic carbocycles. The van der Waals surface area contributed by atoms with Gasteiger partial charge in [-0.2, -0.15) is 0 Å². The predicted octanol–water partition coefficient (Wildman–Crippen LogP) is 1.18. The van der Waals surface area contributed by atoms with Crippen LogP contribution in [0.25, 0.3) is 0 Å². The maximum absolute atomic E-state index is 11.5. The second-order valence-electron chi connectivity index (χ2n) is 4.44. The molecule has 18 heavy (non-hydrogen) atoms. The number of rotatable bonds is 6. The maximum atomic E-state index is 11.5. The van der Waals surface area contributed by atoms with Gasteiger partial charge in [-0.3, -0.25) is 4.79 Å². The Balaban J connectivity index is 1.82. The van der Waals surface area contributed by atoms with Crippen molar-refractivity contribution in [2.24, 2.45) is 5.92 Å². The summed E-state index contributed by atoms with van der Waals surface area (Å²) in [6, 6.07) is 5.11. The lowest BCUT2D eigenvalue weighted by Crippen LogP contribution is -2.30. The first-order chi connectivity index (χ1) is 8.69. The number of carbonyl (C=O) groups is 1. The van der Waals surface area contributed by atoms with Gasteiger partial charge in [-0.1, -0.05) is 0 Å². The van der Waals surface area contributed by atoms with Gasteiger partial charge >= 0.3 is 0 Å². The minimum absolute atomic E-state index is 0.0237. The molecule has 3 N–H and O–H groups in total. The van der Waals surface area contributed by atoms with E-state index in [-0.39, 0.29) is 12.5 Å². The lowest BCUT2D eigenvalue weighted by atomic mass is 10.3. The average molecular weight is 250 g/mol. The number of nitrogen functional groups attached to an aromatic ring is 1. The number of carbonyl (C=O) groups excluding carboxylic acids is 1. The van der Waals surface area contributed by atoms with Gasteiger partial charge in [-0.05, 0) is 30.9 Å². The van der Waals surface area contributed by atoms with E-state index in [0.29, 0.717) is 23.1 Å². The van der Waals surface area contributed by atoms with E-state index < -0.39 is 0 Å². The summed E-state index contributed by atoms with van der Waals surface area (Å²) in [7, 11) is 1.57. The second kappa shape index (κ2) is 5.62. The highest BCUT2D eigenvalue weighted by atomic mass is 16.5.